The molecule has 234 valence electrons. The average Bonchev–Trinajstić information content (AvgIpc) is 2.90. The van der Waals surface area contributed by atoms with Crippen LogP contribution in [0.4, 0.5) is 0 Å². The van der Waals surface area contributed by atoms with Gasteiger partial charge in [-0.2, -0.15) is 0 Å². The minimum atomic E-state index is -3.71. The van der Waals surface area contributed by atoms with Gasteiger partial charge in [-0.3, -0.25) is 0 Å². The van der Waals surface area contributed by atoms with Gasteiger partial charge in [0.1, 0.15) is 18.7 Å². The summed E-state index contributed by atoms with van der Waals surface area (Å²) in [5, 5.41) is 0. The first-order valence-electron chi connectivity index (χ1n) is 14.0. The van der Waals surface area contributed by atoms with Gasteiger partial charge in [0.25, 0.3) is 0 Å². The summed E-state index contributed by atoms with van der Waals surface area (Å²) in [7, 11) is -13.4. The van der Waals surface area contributed by atoms with Crippen LogP contribution in [-0.4, -0.2) is 113 Å². The van der Waals surface area contributed by atoms with Gasteiger partial charge < -0.3 is 53.1 Å². The third kappa shape index (κ3) is 13.8. The first-order valence-corrected chi connectivity index (χ1v) is 21.6. The summed E-state index contributed by atoms with van der Waals surface area (Å²) < 4.78 is 73.2. The maximum atomic E-state index is 6.44. The van der Waals surface area contributed by atoms with E-state index in [4.69, 9.17) is 53.1 Å². The second kappa shape index (κ2) is 21.8. The van der Waals surface area contributed by atoms with Crippen LogP contribution in [0.1, 0.15) is 62.3 Å². The molecule has 0 aliphatic heterocycles. The van der Waals surface area contributed by atoms with Crippen molar-refractivity contribution in [3.05, 3.63) is 12.3 Å². The van der Waals surface area contributed by atoms with Gasteiger partial charge >= 0.3 is 35.2 Å². The van der Waals surface area contributed by atoms with Crippen LogP contribution in [0.5, 0.6) is 0 Å². The molecule has 0 rings (SSSR count). The Morgan fingerprint density at radius 3 is 0.667 bits per heavy atom. The molecule has 0 aliphatic carbocycles. The lowest BCUT2D eigenvalue weighted by Crippen LogP contribution is -2.61. The molecular formula is C23H54O12Si4. The molecular weight excluding hydrogens is 581 g/mol. The molecule has 16 heteroatoms. The normalized spacial score (nSPS) is 13.3. The van der Waals surface area contributed by atoms with Crippen LogP contribution in [0.3, 0.4) is 0 Å². The van der Waals surface area contributed by atoms with Crippen LogP contribution in [-0.2, 0) is 53.1 Å². The highest BCUT2D eigenvalue weighted by Gasteiger charge is 2.53. The maximum Gasteiger partial charge on any atom is 0.528 e. The number of hydrogen-bond acceptors (Lipinski definition) is 12. The molecule has 0 saturated heterocycles. The lowest BCUT2D eigenvalue weighted by atomic mass is 10.9. The van der Waals surface area contributed by atoms with Crippen molar-refractivity contribution in [2.45, 2.75) is 62.3 Å². The number of hydrogen-bond donors (Lipinski definition) is 0. The van der Waals surface area contributed by atoms with Gasteiger partial charge in [0.05, 0.1) is 0 Å². The second-order valence-electron chi connectivity index (χ2n) is 7.62. The van der Waals surface area contributed by atoms with Gasteiger partial charge in [-0.1, -0.05) is 6.58 Å². The maximum absolute atomic E-state index is 6.44. The Kier molecular flexibility index (Phi) is 21.8. The molecule has 12 nitrogen and oxygen atoms in total. The Bertz CT molecular complexity index is 495. The molecule has 0 aliphatic rings. The molecule has 0 spiro atoms. The lowest BCUT2D eigenvalue weighted by Gasteiger charge is -2.36. The Labute approximate surface area is 240 Å². The molecule has 0 aromatic rings. The zero-order chi connectivity index (χ0) is 29.7. The van der Waals surface area contributed by atoms with Crippen LogP contribution >= 0.6 is 0 Å². The van der Waals surface area contributed by atoms with Crippen molar-refractivity contribution in [1.82, 2.24) is 0 Å². The molecule has 0 heterocycles. The van der Waals surface area contributed by atoms with E-state index in [2.05, 4.69) is 6.58 Å². The van der Waals surface area contributed by atoms with Crippen molar-refractivity contribution in [2.75, 3.05) is 78.2 Å². The van der Waals surface area contributed by atoms with Crippen molar-refractivity contribution in [2.24, 2.45) is 0 Å². The van der Waals surface area contributed by atoms with E-state index in [0.29, 0.717) is 59.5 Å². The summed E-state index contributed by atoms with van der Waals surface area (Å²) in [4.78, 5) is 0. The molecule has 0 amide bonds. The van der Waals surface area contributed by atoms with Crippen molar-refractivity contribution in [3.63, 3.8) is 0 Å². The van der Waals surface area contributed by atoms with E-state index in [9.17, 15) is 0 Å². The van der Waals surface area contributed by atoms with Gasteiger partial charge in [0.2, 0.25) is 0 Å². The van der Waals surface area contributed by atoms with Crippen molar-refractivity contribution >= 4 is 35.2 Å². The quantitative estimate of drug-likeness (QED) is 0.118. The highest BCUT2D eigenvalue weighted by Crippen LogP contribution is 2.23. The van der Waals surface area contributed by atoms with E-state index in [1.165, 1.54) is 0 Å². The van der Waals surface area contributed by atoms with Crippen molar-refractivity contribution in [3.8, 4) is 0 Å². The molecule has 39 heavy (non-hydrogen) atoms. The van der Waals surface area contributed by atoms with Gasteiger partial charge in [-0.15, -0.1) is 0 Å². The summed E-state index contributed by atoms with van der Waals surface area (Å²) in [6.45, 7) is 24.5. The lowest BCUT2D eigenvalue weighted by molar-refractivity contribution is 0.00630. The first kappa shape index (κ1) is 39.1. The molecule has 0 saturated carbocycles. The van der Waals surface area contributed by atoms with Crippen LogP contribution in [0.2, 0.25) is 0 Å². The van der Waals surface area contributed by atoms with Gasteiger partial charge in [0, 0.05) is 59.5 Å². The summed E-state index contributed by atoms with van der Waals surface area (Å²) in [5.74, 6) is 0. The summed E-state index contributed by atoms with van der Waals surface area (Å²) in [5.41, 5.74) is 1.54. The Balaban J connectivity index is 6.37. The molecule has 0 radical (unpaired) electrons. The summed E-state index contributed by atoms with van der Waals surface area (Å²) in [6.07, 6.45) is -0.0426. The molecule has 0 atom stereocenters. The predicted octanol–water partition coefficient (Wildman–Crippen LogP) is 3.46. The highest BCUT2D eigenvalue weighted by atomic mass is 28.4. The Morgan fingerprint density at radius 2 is 0.538 bits per heavy atom. The molecule has 0 aromatic carbocycles. The fourth-order valence-corrected chi connectivity index (χ4v) is 14.2. The molecule has 0 fully saturated rings. The molecule has 0 N–H and O–H groups in total. The zero-order valence-corrected chi connectivity index (χ0v) is 29.7. The SMILES string of the molecule is C=C[Si](OC[Si](OCC)(OCC)OCC)(OC[Si](OCC)(OCC)OCC)OC[Si](OCC)(OCC)OCC. The smallest absolute Gasteiger partial charge is 0.372 e. The fraction of sp³-hybridized carbons (Fsp3) is 0.913. The van der Waals surface area contributed by atoms with E-state index in [1.54, 1.807) is 5.70 Å². The van der Waals surface area contributed by atoms with Gasteiger partial charge in [-0.25, -0.2) is 0 Å². The van der Waals surface area contributed by atoms with E-state index >= 15 is 0 Å². The van der Waals surface area contributed by atoms with Crippen molar-refractivity contribution in [1.29, 1.82) is 0 Å². The molecule has 0 bridgehead atoms. The van der Waals surface area contributed by atoms with Gasteiger partial charge in [0.15, 0.2) is 0 Å². The molecule has 0 aromatic heterocycles. The van der Waals surface area contributed by atoms with Crippen LogP contribution in [0.25, 0.3) is 0 Å². The average molecular weight is 635 g/mol. The topological polar surface area (TPSA) is 111 Å². The number of rotatable bonds is 28. The Morgan fingerprint density at radius 1 is 0.359 bits per heavy atom. The summed E-state index contributed by atoms with van der Waals surface area (Å²) >= 11 is 0. The Hall–Kier alpha value is 0.128. The molecule has 0 unspecified atom stereocenters. The predicted molar refractivity (Wildman–Crippen MR) is 156 cm³/mol. The highest BCUT2D eigenvalue weighted by molar-refractivity contribution is 6.71. The monoisotopic (exact) mass is 634 g/mol. The third-order valence-electron chi connectivity index (χ3n) is 4.88. The zero-order valence-electron chi connectivity index (χ0n) is 25.7. The van der Waals surface area contributed by atoms with E-state index in [0.717, 1.165) is 0 Å². The summed E-state index contributed by atoms with van der Waals surface area (Å²) in [6, 6.07) is 0. The fourth-order valence-electron chi connectivity index (χ4n) is 3.60. The first-order chi connectivity index (χ1) is 18.7. The standard InChI is InChI=1S/C23H54O12Si4/c1-11-24-37(25-12-2,26-13-3)21-33-36(20-10,34-22-38(27-14-4,28-15-5)29-16-6)35-23-39(30-17-7,31-18-8)32-19-9/h20H,10-19,21-23H2,1-9H3. The van der Waals surface area contributed by atoms with Crippen LogP contribution in [0, 0.1) is 0 Å². The third-order valence-corrected chi connectivity index (χ3v) is 15.9. The van der Waals surface area contributed by atoms with Crippen LogP contribution < -0.4 is 0 Å². The van der Waals surface area contributed by atoms with Crippen molar-refractivity contribution < 1.29 is 53.1 Å². The van der Waals surface area contributed by atoms with Crippen LogP contribution in [0.15, 0.2) is 12.3 Å². The van der Waals surface area contributed by atoms with Gasteiger partial charge in [-0.05, 0) is 68.0 Å². The van der Waals surface area contributed by atoms with E-state index in [1.807, 2.05) is 62.3 Å². The largest absolute Gasteiger partial charge is 0.528 e. The minimum absolute atomic E-state index is 0.0142. The van der Waals surface area contributed by atoms with E-state index in [-0.39, 0.29) is 18.7 Å². The minimum Gasteiger partial charge on any atom is -0.372 e. The second-order valence-corrected chi connectivity index (χ2v) is 17.7. The van der Waals surface area contributed by atoms with E-state index < -0.39 is 35.2 Å².